The Labute approximate surface area is 192 Å². The normalized spacial score (nSPS) is 10.5. The molecule has 4 N–H and O–H groups in total. The molecule has 0 radical (unpaired) electrons. The van der Waals surface area contributed by atoms with Crippen molar-refractivity contribution >= 4 is 34.2 Å². The van der Waals surface area contributed by atoms with E-state index < -0.39 is 29.1 Å². The van der Waals surface area contributed by atoms with Gasteiger partial charge in [0.25, 0.3) is 23.3 Å². The molecule has 170 valence electrons. The van der Waals surface area contributed by atoms with Gasteiger partial charge in [0.2, 0.25) is 0 Å². The monoisotopic (exact) mass is 459 g/mol. The molecule has 0 aliphatic heterocycles. The number of hydrogen-bond acceptors (Lipinski definition) is 5. The number of nitrogens with one attached hydrogen (secondary N) is 4. The summed E-state index contributed by atoms with van der Waals surface area (Å²) in [5, 5.41) is 9.21. The van der Waals surface area contributed by atoms with Crippen LogP contribution in [0.15, 0.2) is 71.5 Å². The first-order valence-corrected chi connectivity index (χ1v) is 10.1. The number of fused-ring (bicyclic) bond motifs is 1. The highest BCUT2D eigenvalue weighted by atomic mass is 19.1. The number of rotatable bonds is 4. The molecule has 0 atom stereocenters. The standard InChI is InChI=1S/C24H18FN5O4/c1-13-10-11-14(12-19(13)26-22(32)17-8-4-5-9-18(17)25)21(31)28-30-24(34)20-15-6-2-3-7-16(15)23(33)29-27-20/h2-12H,1H3,(H,26,32)(H,28,31)(H,29,33)(H,30,34). The van der Waals surface area contributed by atoms with E-state index in [2.05, 4.69) is 26.4 Å². The molecule has 4 aromatic rings. The average molecular weight is 459 g/mol. The maximum absolute atomic E-state index is 13.9. The van der Waals surface area contributed by atoms with Gasteiger partial charge in [0, 0.05) is 16.6 Å². The molecule has 0 unspecified atom stereocenters. The first kappa shape index (κ1) is 22.3. The van der Waals surface area contributed by atoms with Crippen LogP contribution in [0.5, 0.6) is 0 Å². The topological polar surface area (TPSA) is 133 Å². The third kappa shape index (κ3) is 4.51. The van der Waals surface area contributed by atoms with Gasteiger partial charge < -0.3 is 5.32 Å². The summed E-state index contributed by atoms with van der Waals surface area (Å²) >= 11 is 0. The van der Waals surface area contributed by atoms with Gasteiger partial charge in [-0.1, -0.05) is 36.4 Å². The molecular formula is C24H18FN5O4. The number of anilines is 1. The summed E-state index contributed by atoms with van der Waals surface area (Å²) in [4.78, 5) is 49.5. The summed E-state index contributed by atoms with van der Waals surface area (Å²) in [5.74, 6) is -2.73. The molecule has 0 spiro atoms. The molecular weight excluding hydrogens is 441 g/mol. The van der Waals surface area contributed by atoms with Gasteiger partial charge in [-0.15, -0.1) is 0 Å². The van der Waals surface area contributed by atoms with Crippen LogP contribution in [-0.2, 0) is 0 Å². The van der Waals surface area contributed by atoms with Crippen LogP contribution >= 0.6 is 0 Å². The zero-order valence-electron chi connectivity index (χ0n) is 17.8. The van der Waals surface area contributed by atoms with Crippen molar-refractivity contribution in [1.29, 1.82) is 0 Å². The van der Waals surface area contributed by atoms with E-state index in [-0.39, 0.29) is 22.2 Å². The lowest BCUT2D eigenvalue weighted by atomic mass is 10.1. The van der Waals surface area contributed by atoms with Gasteiger partial charge in [0.05, 0.1) is 10.9 Å². The first-order valence-electron chi connectivity index (χ1n) is 10.1. The Kier molecular flexibility index (Phi) is 6.13. The number of halogens is 1. The van der Waals surface area contributed by atoms with Crippen molar-refractivity contribution < 1.29 is 18.8 Å². The second-order valence-electron chi connectivity index (χ2n) is 7.32. The average Bonchev–Trinajstić information content (AvgIpc) is 2.84. The van der Waals surface area contributed by atoms with Gasteiger partial charge in [0.1, 0.15) is 5.82 Å². The van der Waals surface area contributed by atoms with Gasteiger partial charge in [-0.05, 0) is 42.8 Å². The summed E-state index contributed by atoms with van der Waals surface area (Å²) in [7, 11) is 0. The van der Waals surface area contributed by atoms with Gasteiger partial charge in [0.15, 0.2) is 5.69 Å². The molecule has 0 saturated heterocycles. The molecule has 0 aliphatic carbocycles. The molecule has 0 bridgehead atoms. The van der Waals surface area contributed by atoms with E-state index in [1.54, 1.807) is 37.3 Å². The number of H-pyrrole nitrogens is 1. The Hall–Kier alpha value is -4.86. The van der Waals surface area contributed by atoms with Crippen molar-refractivity contribution in [3.63, 3.8) is 0 Å². The summed E-state index contributed by atoms with van der Waals surface area (Å²) in [6.45, 7) is 1.72. The molecule has 1 aromatic heterocycles. The maximum atomic E-state index is 13.9. The molecule has 0 fully saturated rings. The fourth-order valence-corrected chi connectivity index (χ4v) is 3.27. The lowest BCUT2D eigenvalue weighted by molar-refractivity contribution is 0.0844. The van der Waals surface area contributed by atoms with Crippen LogP contribution in [0.3, 0.4) is 0 Å². The van der Waals surface area contributed by atoms with E-state index in [9.17, 15) is 23.6 Å². The van der Waals surface area contributed by atoms with Gasteiger partial charge in [-0.3, -0.25) is 30.0 Å². The minimum absolute atomic E-state index is 0.0720. The summed E-state index contributed by atoms with van der Waals surface area (Å²) in [6.07, 6.45) is 0. The molecule has 9 nitrogen and oxygen atoms in total. The number of nitrogens with zero attached hydrogens (tertiary/aromatic N) is 1. The minimum Gasteiger partial charge on any atom is -0.322 e. The number of aryl methyl sites for hydroxylation is 1. The van der Waals surface area contributed by atoms with Crippen LogP contribution in [0, 0.1) is 12.7 Å². The predicted octanol–water partition coefficient (Wildman–Crippen LogP) is 2.70. The van der Waals surface area contributed by atoms with E-state index in [1.807, 2.05) is 0 Å². The molecule has 1 heterocycles. The fraction of sp³-hybridized carbons (Fsp3) is 0.0417. The van der Waals surface area contributed by atoms with Crippen LogP contribution in [0.2, 0.25) is 0 Å². The number of aromatic nitrogens is 2. The fourth-order valence-electron chi connectivity index (χ4n) is 3.27. The largest absolute Gasteiger partial charge is 0.322 e. The quantitative estimate of drug-likeness (QED) is 0.348. The second-order valence-corrected chi connectivity index (χ2v) is 7.32. The molecule has 3 amide bonds. The van der Waals surface area contributed by atoms with Crippen LogP contribution < -0.4 is 21.7 Å². The summed E-state index contributed by atoms with van der Waals surface area (Å²) < 4.78 is 13.9. The van der Waals surface area contributed by atoms with Crippen molar-refractivity contribution in [3.05, 3.63) is 105 Å². The maximum Gasteiger partial charge on any atom is 0.290 e. The van der Waals surface area contributed by atoms with Crippen molar-refractivity contribution in [2.45, 2.75) is 6.92 Å². The highest BCUT2D eigenvalue weighted by Crippen LogP contribution is 2.19. The molecule has 34 heavy (non-hydrogen) atoms. The molecule has 4 rings (SSSR count). The number of carbonyl (C=O) groups is 3. The first-order chi connectivity index (χ1) is 16.3. The number of amides is 3. The molecule has 0 aliphatic rings. The highest BCUT2D eigenvalue weighted by Gasteiger charge is 2.17. The Morgan fingerprint density at radius 1 is 0.853 bits per heavy atom. The Balaban J connectivity index is 1.48. The van der Waals surface area contributed by atoms with E-state index in [4.69, 9.17) is 0 Å². The number of hydrogen-bond donors (Lipinski definition) is 4. The number of carbonyl (C=O) groups excluding carboxylic acids is 3. The third-order valence-corrected chi connectivity index (χ3v) is 5.07. The SMILES string of the molecule is Cc1ccc(C(=O)NNC(=O)c2n[nH]c(=O)c3ccccc23)cc1NC(=O)c1ccccc1F. The smallest absolute Gasteiger partial charge is 0.290 e. The van der Waals surface area contributed by atoms with E-state index in [0.29, 0.717) is 16.6 Å². The summed E-state index contributed by atoms with van der Waals surface area (Å²) in [6, 6.07) is 16.5. The number of aromatic amines is 1. The van der Waals surface area contributed by atoms with Crippen LogP contribution in [-0.4, -0.2) is 27.9 Å². The molecule has 0 saturated carbocycles. The lowest BCUT2D eigenvalue weighted by Crippen LogP contribution is -2.42. The Morgan fingerprint density at radius 2 is 1.53 bits per heavy atom. The van der Waals surface area contributed by atoms with Crippen molar-refractivity contribution in [1.82, 2.24) is 21.0 Å². The van der Waals surface area contributed by atoms with Gasteiger partial charge >= 0.3 is 0 Å². The van der Waals surface area contributed by atoms with Crippen LogP contribution in [0.1, 0.15) is 36.8 Å². The van der Waals surface area contributed by atoms with Gasteiger partial charge in [-0.2, -0.15) is 5.10 Å². The zero-order chi connectivity index (χ0) is 24.2. The Morgan fingerprint density at radius 3 is 2.29 bits per heavy atom. The van der Waals surface area contributed by atoms with Crippen molar-refractivity contribution in [2.24, 2.45) is 0 Å². The minimum atomic E-state index is -0.735. The van der Waals surface area contributed by atoms with Crippen LogP contribution in [0.25, 0.3) is 10.8 Å². The summed E-state index contributed by atoms with van der Waals surface area (Å²) in [5.41, 5.74) is 4.97. The predicted molar refractivity (Wildman–Crippen MR) is 123 cm³/mol. The van der Waals surface area contributed by atoms with E-state index in [1.165, 1.54) is 36.4 Å². The number of benzene rings is 3. The lowest BCUT2D eigenvalue weighted by Gasteiger charge is -2.12. The molecule has 3 aromatic carbocycles. The Bertz CT molecular complexity index is 1500. The number of hydrazine groups is 1. The highest BCUT2D eigenvalue weighted by molar-refractivity contribution is 6.07. The third-order valence-electron chi connectivity index (χ3n) is 5.07. The van der Waals surface area contributed by atoms with E-state index >= 15 is 0 Å². The van der Waals surface area contributed by atoms with Crippen molar-refractivity contribution in [2.75, 3.05) is 5.32 Å². The van der Waals surface area contributed by atoms with Crippen molar-refractivity contribution in [3.8, 4) is 0 Å². The molecule has 10 heteroatoms. The second kappa shape index (κ2) is 9.33. The van der Waals surface area contributed by atoms with E-state index in [0.717, 1.165) is 0 Å². The zero-order valence-corrected chi connectivity index (χ0v) is 17.8. The van der Waals surface area contributed by atoms with Gasteiger partial charge in [-0.25, -0.2) is 9.49 Å². The van der Waals surface area contributed by atoms with Crippen LogP contribution in [0.4, 0.5) is 10.1 Å².